The summed E-state index contributed by atoms with van der Waals surface area (Å²) in [7, 11) is 0. The van der Waals surface area contributed by atoms with E-state index in [4.69, 9.17) is 0 Å². The number of amides is 2. The van der Waals surface area contributed by atoms with Crippen molar-refractivity contribution in [3.63, 3.8) is 0 Å². The fourth-order valence-electron chi connectivity index (χ4n) is 2.09. The van der Waals surface area contributed by atoms with Crippen LogP contribution in [0.4, 0.5) is 32.3 Å². The molecule has 0 unspecified atom stereocenters. The van der Waals surface area contributed by atoms with Crippen molar-refractivity contribution >= 4 is 18.3 Å². The molecule has 0 spiro atoms. The molecule has 1 aromatic heterocycles. The molecule has 0 radical (unpaired) electrons. The molecule has 14 heteroatoms. The lowest BCUT2D eigenvalue weighted by molar-refractivity contribution is -0.154. The topological polar surface area (TPSA) is 107 Å². The Morgan fingerprint density at radius 3 is 2.50 bits per heavy atom. The van der Waals surface area contributed by atoms with Crippen molar-refractivity contribution < 1.29 is 41.1 Å². The van der Waals surface area contributed by atoms with Crippen LogP contribution in [0.5, 0.6) is 0 Å². The molecule has 28 heavy (non-hydrogen) atoms. The summed E-state index contributed by atoms with van der Waals surface area (Å²) in [5.41, 5.74) is 2.80. The van der Waals surface area contributed by atoms with Crippen LogP contribution in [0.15, 0.2) is 12.3 Å². The summed E-state index contributed by atoms with van der Waals surface area (Å²) in [4.78, 5) is 29.2. The summed E-state index contributed by atoms with van der Waals surface area (Å²) in [6.45, 7) is -0.521. The molecule has 0 saturated carbocycles. The zero-order valence-corrected chi connectivity index (χ0v) is 14.2. The van der Waals surface area contributed by atoms with Gasteiger partial charge in [-0.2, -0.15) is 26.3 Å². The summed E-state index contributed by atoms with van der Waals surface area (Å²) in [5, 5.41) is 9.34. The average Bonchev–Trinajstić information content (AvgIpc) is 2.60. The maximum absolute atomic E-state index is 12.6. The normalized spacial score (nSPS) is 13.0. The van der Waals surface area contributed by atoms with Crippen molar-refractivity contribution in [2.45, 2.75) is 38.0 Å². The molecule has 0 aromatic carbocycles. The molecule has 0 aliphatic rings. The Hall–Kier alpha value is -2.64. The van der Waals surface area contributed by atoms with Crippen molar-refractivity contribution in [2.24, 2.45) is 5.92 Å². The summed E-state index contributed by atoms with van der Waals surface area (Å²) in [6.07, 6.45) is -9.77. The van der Waals surface area contributed by atoms with E-state index in [1.165, 1.54) is 0 Å². The number of nitrogens with zero attached hydrogens (tertiary/aromatic N) is 3. The fourth-order valence-corrected chi connectivity index (χ4v) is 2.09. The fraction of sp³-hybridized carbons (Fsp3) is 0.571. The summed E-state index contributed by atoms with van der Waals surface area (Å²) >= 11 is 0. The highest BCUT2D eigenvalue weighted by atomic mass is 19.4. The lowest BCUT2D eigenvalue weighted by Crippen LogP contribution is -2.40. The zero-order valence-electron chi connectivity index (χ0n) is 14.2. The van der Waals surface area contributed by atoms with Gasteiger partial charge in [0.05, 0.1) is 12.5 Å². The number of nitrogens with one attached hydrogen (secondary N) is 2. The van der Waals surface area contributed by atoms with Crippen molar-refractivity contribution in [1.82, 2.24) is 20.5 Å². The molecule has 1 heterocycles. The van der Waals surface area contributed by atoms with Crippen LogP contribution in [-0.4, -0.2) is 45.3 Å². The number of unbranched alkanes of at least 4 members (excludes halogenated alkanes) is 1. The predicted molar refractivity (Wildman–Crippen MR) is 81.4 cm³/mol. The van der Waals surface area contributed by atoms with Gasteiger partial charge in [-0.25, -0.2) is 15.0 Å². The quantitative estimate of drug-likeness (QED) is 0.178. The van der Waals surface area contributed by atoms with E-state index in [0.717, 1.165) is 6.20 Å². The third-order valence-electron chi connectivity index (χ3n) is 3.41. The molecule has 0 saturated heterocycles. The number of rotatable bonds is 10. The van der Waals surface area contributed by atoms with E-state index in [1.54, 1.807) is 0 Å². The minimum atomic E-state index is -4.73. The Bertz CT molecular complexity index is 655. The number of carbonyl (C=O) groups excluding carboxylic acids is 2. The van der Waals surface area contributed by atoms with Crippen LogP contribution in [0.2, 0.25) is 0 Å². The number of anilines is 1. The SMILES string of the molecule is O=CN(O)C[C@H](CCCCC(F)(F)F)C(=O)NNc1nccc(C(F)(F)F)n1. The highest BCUT2D eigenvalue weighted by Gasteiger charge is 2.33. The van der Waals surface area contributed by atoms with Crippen LogP contribution in [0.3, 0.4) is 0 Å². The number of hydroxylamine groups is 2. The van der Waals surface area contributed by atoms with Gasteiger partial charge in [0.2, 0.25) is 18.3 Å². The maximum Gasteiger partial charge on any atom is 0.433 e. The van der Waals surface area contributed by atoms with Crippen LogP contribution < -0.4 is 10.9 Å². The van der Waals surface area contributed by atoms with Gasteiger partial charge in [0.15, 0.2) is 0 Å². The lowest BCUT2D eigenvalue weighted by Gasteiger charge is -2.20. The van der Waals surface area contributed by atoms with Crippen LogP contribution in [-0.2, 0) is 15.8 Å². The molecule has 1 atom stereocenters. The molecular formula is C14H17F6N5O3. The van der Waals surface area contributed by atoms with Gasteiger partial charge in [0, 0.05) is 12.6 Å². The summed E-state index contributed by atoms with van der Waals surface area (Å²) in [5.74, 6) is -2.58. The standard InChI is InChI=1S/C14H17F6N5O3/c15-13(16,17)5-2-1-3-9(7-25(28)8-26)11(27)23-24-12-21-6-4-10(22-12)14(18,19)20/h4,6,8-9,28H,1-3,5,7H2,(H,23,27)(H,21,22,24)/t9-/m0/s1. The van der Waals surface area contributed by atoms with Crippen LogP contribution in [0.1, 0.15) is 31.4 Å². The molecule has 3 N–H and O–H groups in total. The third-order valence-corrected chi connectivity index (χ3v) is 3.41. The van der Waals surface area contributed by atoms with Gasteiger partial charge in [-0.3, -0.25) is 25.6 Å². The number of alkyl halides is 6. The average molecular weight is 417 g/mol. The number of hydrazine groups is 1. The monoisotopic (exact) mass is 417 g/mol. The Balaban J connectivity index is 2.66. The third kappa shape index (κ3) is 8.83. The van der Waals surface area contributed by atoms with Gasteiger partial charge in [-0.05, 0) is 18.9 Å². The number of aromatic nitrogens is 2. The molecule has 0 bridgehead atoms. The summed E-state index contributed by atoms with van der Waals surface area (Å²) in [6, 6.07) is 0.615. The lowest BCUT2D eigenvalue weighted by atomic mass is 10.00. The van der Waals surface area contributed by atoms with E-state index in [0.29, 0.717) is 6.07 Å². The summed E-state index contributed by atoms with van der Waals surface area (Å²) < 4.78 is 74.2. The minimum Gasteiger partial charge on any atom is -0.286 e. The maximum atomic E-state index is 12.6. The second kappa shape index (κ2) is 10.1. The van der Waals surface area contributed by atoms with E-state index in [2.05, 4.69) is 15.4 Å². The Morgan fingerprint density at radius 1 is 1.25 bits per heavy atom. The van der Waals surface area contributed by atoms with Crippen LogP contribution >= 0.6 is 0 Å². The number of hydrogen-bond donors (Lipinski definition) is 3. The number of hydrogen-bond acceptors (Lipinski definition) is 6. The Kier molecular flexibility index (Phi) is 8.40. The van der Waals surface area contributed by atoms with Gasteiger partial charge in [-0.15, -0.1) is 0 Å². The minimum absolute atomic E-state index is 0.000657. The van der Waals surface area contributed by atoms with E-state index in [-0.39, 0.29) is 30.7 Å². The Labute approximate surface area is 154 Å². The van der Waals surface area contributed by atoms with Crippen molar-refractivity contribution in [2.75, 3.05) is 12.0 Å². The Morgan fingerprint density at radius 2 is 1.93 bits per heavy atom. The van der Waals surface area contributed by atoms with Gasteiger partial charge < -0.3 is 0 Å². The number of carbonyl (C=O) groups is 2. The van der Waals surface area contributed by atoms with E-state index in [1.807, 2.05) is 5.43 Å². The number of halogens is 6. The second-order valence-electron chi connectivity index (χ2n) is 5.66. The molecule has 158 valence electrons. The first-order valence-corrected chi connectivity index (χ1v) is 7.86. The van der Waals surface area contributed by atoms with E-state index in [9.17, 15) is 41.1 Å². The molecule has 1 aromatic rings. The highest BCUT2D eigenvalue weighted by Crippen LogP contribution is 2.27. The van der Waals surface area contributed by atoms with E-state index >= 15 is 0 Å². The van der Waals surface area contributed by atoms with Gasteiger partial charge in [0.1, 0.15) is 5.69 Å². The van der Waals surface area contributed by atoms with Crippen molar-refractivity contribution in [3.8, 4) is 0 Å². The highest BCUT2D eigenvalue weighted by molar-refractivity contribution is 5.80. The molecule has 2 amide bonds. The molecule has 0 aliphatic heterocycles. The second-order valence-corrected chi connectivity index (χ2v) is 5.66. The molecule has 0 fully saturated rings. The van der Waals surface area contributed by atoms with Crippen LogP contribution in [0, 0.1) is 5.92 Å². The van der Waals surface area contributed by atoms with Gasteiger partial charge in [-0.1, -0.05) is 6.42 Å². The first-order chi connectivity index (χ1) is 12.9. The van der Waals surface area contributed by atoms with Gasteiger partial charge >= 0.3 is 12.4 Å². The smallest absolute Gasteiger partial charge is 0.286 e. The molecular weight excluding hydrogens is 400 g/mol. The molecule has 0 aliphatic carbocycles. The first-order valence-electron chi connectivity index (χ1n) is 7.86. The van der Waals surface area contributed by atoms with E-state index < -0.39 is 48.8 Å². The predicted octanol–water partition coefficient (Wildman–Crippen LogP) is 2.53. The molecule has 1 rings (SSSR count). The van der Waals surface area contributed by atoms with Crippen molar-refractivity contribution in [3.05, 3.63) is 18.0 Å². The van der Waals surface area contributed by atoms with Crippen LogP contribution in [0.25, 0.3) is 0 Å². The van der Waals surface area contributed by atoms with Gasteiger partial charge in [0.25, 0.3) is 0 Å². The first kappa shape index (κ1) is 23.4. The largest absolute Gasteiger partial charge is 0.433 e. The zero-order chi connectivity index (χ0) is 21.4. The molecule has 8 nitrogen and oxygen atoms in total. The van der Waals surface area contributed by atoms with Crippen molar-refractivity contribution in [1.29, 1.82) is 0 Å².